The van der Waals surface area contributed by atoms with Gasteiger partial charge < -0.3 is 19.3 Å². The Balaban J connectivity index is 2.18. The Hall–Kier alpha value is -2.53. The van der Waals surface area contributed by atoms with E-state index in [9.17, 15) is 4.79 Å². The van der Waals surface area contributed by atoms with Crippen LogP contribution < -0.4 is 9.47 Å². The summed E-state index contributed by atoms with van der Waals surface area (Å²) in [5.74, 6) is 1.32. The average Bonchev–Trinajstić information content (AvgIpc) is 2.68. The van der Waals surface area contributed by atoms with Crippen LogP contribution in [-0.2, 0) is 16.0 Å². The van der Waals surface area contributed by atoms with Gasteiger partial charge in [0.1, 0.15) is 18.1 Å². The predicted octanol–water partition coefficient (Wildman–Crippen LogP) is 4.12. The minimum absolute atomic E-state index is 0.0356. The highest BCUT2D eigenvalue weighted by Crippen LogP contribution is 2.26. The number of aliphatic hydroxyl groups is 1. The fourth-order valence-electron chi connectivity index (χ4n) is 2.87. The van der Waals surface area contributed by atoms with Crippen molar-refractivity contribution in [2.24, 2.45) is 0 Å². The summed E-state index contributed by atoms with van der Waals surface area (Å²) in [6.45, 7) is 8.29. The number of esters is 1. The molecular formula is C23H30O5. The third kappa shape index (κ3) is 5.99. The van der Waals surface area contributed by atoms with Gasteiger partial charge in [-0.25, -0.2) is 4.79 Å². The van der Waals surface area contributed by atoms with Crippen LogP contribution >= 0.6 is 0 Å². The van der Waals surface area contributed by atoms with Gasteiger partial charge >= 0.3 is 5.97 Å². The normalized spacial score (nSPS) is 13.1. The van der Waals surface area contributed by atoms with Gasteiger partial charge in [-0.1, -0.05) is 38.1 Å². The van der Waals surface area contributed by atoms with Crippen molar-refractivity contribution in [3.05, 3.63) is 59.7 Å². The lowest BCUT2D eigenvalue weighted by Crippen LogP contribution is -2.45. The number of carbonyl (C=O) groups excluding carboxylic acids is 1. The van der Waals surface area contributed by atoms with Crippen molar-refractivity contribution in [3.8, 4) is 11.5 Å². The molecule has 0 spiro atoms. The Morgan fingerprint density at radius 2 is 1.64 bits per heavy atom. The number of aliphatic hydroxyl groups excluding tert-OH is 1. The molecule has 0 heterocycles. The zero-order valence-electron chi connectivity index (χ0n) is 17.1. The topological polar surface area (TPSA) is 65.0 Å². The first-order valence-corrected chi connectivity index (χ1v) is 9.66. The smallest absolute Gasteiger partial charge is 0.350 e. The van der Waals surface area contributed by atoms with E-state index in [1.807, 2.05) is 48.5 Å². The third-order valence-electron chi connectivity index (χ3n) is 4.42. The van der Waals surface area contributed by atoms with Gasteiger partial charge in [0.15, 0.2) is 0 Å². The molecule has 0 aliphatic rings. The van der Waals surface area contributed by atoms with Crippen LogP contribution in [0.25, 0.3) is 0 Å². The van der Waals surface area contributed by atoms with Gasteiger partial charge in [-0.3, -0.25) is 0 Å². The molecule has 5 nitrogen and oxygen atoms in total. The van der Waals surface area contributed by atoms with Crippen LogP contribution in [0.5, 0.6) is 11.5 Å². The molecule has 0 radical (unpaired) electrons. The lowest BCUT2D eigenvalue weighted by molar-refractivity contribution is -0.160. The van der Waals surface area contributed by atoms with E-state index in [1.54, 1.807) is 13.8 Å². The van der Waals surface area contributed by atoms with Crippen LogP contribution in [0.4, 0.5) is 0 Å². The second-order valence-electron chi connectivity index (χ2n) is 7.17. The van der Waals surface area contributed by atoms with Crippen LogP contribution in [0, 0.1) is 0 Å². The van der Waals surface area contributed by atoms with Gasteiger partial charge in [0.25, 0.3) is 0 Å². The molecule has 5 heteroatoms. The zero-order chi connectivity index (χ0) is 20.6. The maximum Gasteiger partial charge on any atom is 0.350 e. The number of benzene rings is 2. The lowest BCUT2D eigenvalue weighted by Gasteiger charge is -2.29. The summed E-state index contributed by atoms with van der Waals surface area (Å²) in [5, 5.41) is 8.84. The first kappa shape index (κ1) is 21.8. The van der Waals surface area contributed by atoms with Gasteiger partial charge in [0, 0.05) is 6.42 Å². The van der Waals surface area contributed by atoms with Crippen LogP contribution in [0.2, 0.25) is 0 Å². The summed E-state index contributed by atoms with van der Waals surface area (Å²) < 4.78 is 16.8. The van der Waals surface area contributed by atoms with E-state index in [-0.39, 0.29) is 19.8 Å². The molecule has 0 aliphatic carbocycles. The molecule has 1 N–H and O–H groups in total. The van der Waals surface area contributed by atoms with E-state index in [1.165, 1.54) is 5.56 Å². The third-order valence-corrected chi connectivity index (χ3v) is 4.42. The SMILES string of the molecule is CCOC(=O)C(C)(Cc1ccc(OCCO)cc1)Oc1ccc(C(C)C)cc1. The predicted molar refractivity (Wildman–Crippen MR) is 109 cm³/mol. The van der Waals surface area contributed by atoms with E-state index in [0.717, 1.165) is 5.56 Å². The standard InChI is InChI=1S/C23H30O5/c1-5-26-22(25)23(4,28-21-12-8-19(9-13-21)17(2)3)16-18-6-10-20(11-7-18)27-15-14-24/h6-13,17,24H,5,14-16H2,1-4H3. The largest absolute Gasteiger partial charge is 0.491 e. The molecule has 2 rings (SSSR count). The molecule has 152 valence electrons. The summed E-state index contributed by atoms with van der Waals surface area (Å²) in [6.07, 6.45) is 0.359. The molecule has 28 heavy (non-hydrogen) atoms. The molecule has 1 unspecified atom stereocenters. The van der Waals surface area contributed by atoms with Crippen molar-refractivity contribution >= 4 is 5.97 Å². The number of hydrogen-bond acceptors (Lipinski definition) is 5. The van der Waals surface area contributed by atoms with Gasteiger partial charge in [0.05, 0.1) is 13.2 Å². The van der Waals surface area contributed by atoms with Gasteiger partial charge in [-0.15, -0.1) is 0 Å². The Labute approximate surface area is 167 Å². The molecule has 0 aliphatic heterocycles. The van der Waals surface area contributed by atoms with Gasteiger partial charge in [-0.2, -0.15) is 0 Å². The monoisotopic (exact) mass is 386 g/mol. The quantitative estimate of drug-likeness (QED) is 0.622. The highest BCUT2D eigenvalue weighted by molar-refractivity contribution is 5.80. The van der Waals surface area contributed by atoms with E-state index >= 15 is 0 Å². The molecule has 1 atom stereocenters. The summed E-state index contributed by atoms with van der Waals surface area (Å²) in [4.78, 5) is 12.7. The Morgan fingerprint density at radius 3 is 2.18 bits per heavy atom. The molecular weight excluding hydrogens is 356 g/mol. The second kappa shape index (κ2) is 10.1. The van der Waals surface area contributed by atoms with Crippen LogP contribution in [-0.4, -0.2) is 36.5 Å². The first-order chi connectivity index (χ1) is 13.4. The van der Waals surface area contributed by atoms with Crippen molar-refractivity contribution < 1.29 is 24.1 Å². The Bertz CT molecular complexity index is 737. The van der Waals surface area contributed by atoms with E-state index in [4.69, 9.17) is 19.3 Å². The molecule has 0 fully saturated rings. The summed E-state index contributed by atoms with van der Waals surface area (Å²) in [7, 11) is 0. The van der Waals surface area contributed by atoms with Crippen molar-refractivity contribution in [3.63, 3.8) is 0 Å². The highest BCUT2D eigenvalue weighted by Gasteiger charge is 2.37. The van der Waals surface area contributed by atoms with Crippen LogP contribution in [0.15, 0.2) is 48.5 Å². The van der Waals surface area contributed by atoms with Crippen molar-refractivity contribution in [2.75, 3.05) is 19.8 Å². The fourth-order valence-corrected chi connectivity index (χ4v) is 2.87. The molecule has 0 saturated carbocycles. The van der Waals surface area contributed by atoms with Crippen molar-refractivity contribution in [2.45, 2.75) is 45.6 Å². The zero-order valence-corrected chi connectivity index (χ0v) is 17.1. The number of carbonyl (C=O) groups is 1. The average molecular weight is 386 g/mol. The number of ether oxygens (including phenoxy) is 3. The molecule has 0 bridgehead atoms. The van der Waals surface area contributed by atoms with Crippen molar-refractivity contribution in [1.82, 2.24) is 0 Å². The molecule has 0 aromatic heterocycles. The van der Waals surface area contributed by atoms with E-state index < -0.39 is 11.6 Å². The van der Waals surface area contributed by atoms with E-state index in [2.05, 4.69) is 13.8 Å². The molecule has 0 saturated heterocycles. The molecule has 2 aromatic carbocycles. The van der Waals surface area contributed by atoms with Gasteiger partial charge in [0.2, 0.25) is 5.60 Å². The number of hydrogen-bond donors (Lipinski definition) is 1. The Kier molecular flexibility index (Phi) is 7.88. The summed E-state index contributed by atoms with van der Waals surface area (Å²) in [6, 6.07) is 15.2. The minimum atomic E-state index is -1.15. The Morgan fingerprint density at radius 1 is 1.04 bits per heavy atom. The summed E-state index contributed by atoms with van der Waals surface area (Å²) >= 11 is 0. The minimum Gasteiger partial charge on any atom is -0.491 e. The van der Waals surface area contributed by atoms with Crippen molar-refractivity contribution in [1.29, 1.82) is 0 Å². The maximum absolute atomic E-state index is 12.7. The van der Waals surface area contributed by atoms with Crippen LogP contribution in [0.1, 0.15) is 44.7 Å². The van der Waals surface area contributed by atoms with Gasteiger partial charge in [-0.05, 0) is 55.2 Å². The summed E-state index contributed by atoms with van der Waals surface area (Å²) in [5.41, 5.74) is 0.984. The van der Waals surface area contributed by atoms with E-state index in [0.29, 0.717) is 23.8 Å². The highest BCUT2D eigenvalue weighted by atomic mass is 16.6. The number of rotatable bonds is 10. The lowest BCUT2D eigenvalue weighted by atomic mass is 9.96. The first-order valence-electron chi connectivity index (χ1n) is 9.66. The fraction of sp³-hybridized carbons (Fsp3) is 0.435. The molecule has 0 amide bonds. The second-order valence-corrected chi connectivity index (χ2v) is 7.17. The molecule has 2 aromatic rings. The maximum atomic E-state index is 12.7. The van der Waals surface area contributed by atoms with Crippen LogP contribution in [0.3, 0.4) is 0 Å².